The number of hydrogen-bond acceptors (Lipinski definition) is 5. The maximum Gasteiger partial charge on any atom is 0.257 e. The van der Waals surface area contributed by atoms with Gasteiger partial charge in [-0.3, -0.25) is 9.59 Å². The lowest BCUT2D eigenvalue weighted by Crippen LogP contribution is -2.44. The number of nitrogens with zero attached hydrogens (tertiary/aromatic N) is 2. The molecule has 3 heterocycles. The molecule has 1 N–H and O–H groups in total. The van der Waals surface area contributed by atoms with E-state index in [1.165, 1.54) is 24.3 Å². The number of aliphatic hydroxyl groups is 1. The third-order valence-corrected chi connectivity index (χ3v) is 7.32. The lowest BCUT2D eigenvalue weighted by Gasteiger charge is -2.41. The van der Waals surface area contributed by atoms with Crippen molar-refractivity contribution in [2.24, 2.45) is 5.41 Å². The molecule has 2 amide bonds. The van der Waals surface area contributed by atoms with Crippen LogP contribution in [-0.4, -0.2) is 72.7 Å². The fourth-order valence-corrected chi connectivity index (χ4v) is 4.99. The van der Waals surface area contributed by atoms with E-state index in [4.69, 9.17) is 9.47 Å². The Morgan fingerprint density at radius 1 is 1.00 bits per heavy atom. The zero-order valence-corrected chi connectivity index (χ0v) is 20.7. The lowest BCUT2D eigenvalue weighted by atomic mass is 9.75. The molecule has 0 unspecified atom stereocenters. The topological polar surface area (TPSA) is 79.3 Å². The standard InChI is InChI=1S/C28H35FN2O5/c29-22-7-9-23(10-8-22)35-19-11-26(33)30-15-4-3-12-28(21-32)13-16-31(17-14-28)27(34)24-5-1-2-6-25(24)36-20-18-30/h1-2,5-10,32H,3-4,11-21H2. The van der Waals surface area contributed by atoms with Crippen molar-refractivity contribution in [3.8, 4) is 11.5 Å². The number of aliphatic hydroxyl groups excluding tert-OH is 1. The van der Waals surface area contributed by atoms with Crippen LogP contribution in [-0.2, 0) is 4.79 Å². The molecule has 194 valence electrons. The Morgan fingerprint density at radius 3 is 2.50 bits per heavy atom. The van der Waals surface area contributed by atoms with Gasteiger partial charge >= 0.3 is 0 Å². The van der Waals surface area contributed by atoms with E-state index in [2.05, 4.69) is 0 Å². The molecule has 2 bridgehead atoms. The van der Waals surface area contributed by atoms with Crippen LogP contribution in [0.25, 0.3) is 0 Å². The van der Waals surface area contributed by atoms with Crippen LogP contribution >= 0.6 is 0 Å². The first-order valence-corrected chi connectivity index (χ1v) is 12.8. The van der Waals surface area contributed by atoms with E-state index in [9.17, 15) is 19.1 Å². The first-order valence-electron chi connectivity index (χ1n) is 12.8. The SMILES string of the molecule is O=C(CCOc1ccc(F)cc1)N1CCCCC2(CO)CCN(CC2)C(=O)c2ccccc2OCC1. The van der Waals surface area contributed by atoms with E-state index >= 15 is 0 Å². The molecule has 36 heavy (non-hydrogen) atoms. The van der Waals surface area contributed by atoms with Crippen LogP contribution in [0.5, 0.6) is 11.5 Å². The van der Waals surface area contributed by atoms with Gasteiger partial charge in [-0.05, 0) is 67.5 Å². The van der Waals surface area contributed by atoms with Crippen molar-refractivity contribution in [3.05, 3.63) is 59.9 Å². The minimum absolute atomic E-state index is 0.0432. The van der Waals surface area contributed by atoms with Gasteiger partial charge in [-0.2, -0.15) is 0 Å². The molecule has 1 saturated heterocycles. The van der Waals surface area contributed by atoms with Crippen molar-refractivity contribution >= 4 is 11.8 Å². The summed E-state index contributed by atoms with van der Waals surface area (Å²) >= 11 is 0. The van der Waals surface area contributed by atoms with Crippen LogP contribution in [0.3, 0.4) is 0 Å². The van der Waals surface area contributed by atoms with Crippen LogP contribution < -0.4 is 9.47 Å². The molecule has 3 aliphatic heterocycles. The van der Waals surface area contributed by atoms with E-state index in [1.807, 2.05) is 17.0 Å². The number of halogens is 1. The summed E-state index contributed by atoms with van der Waals surface area (Å²) in [5.74, 6) is 0.599. The second-order valence-corrected chi connectivity index (χ2v) is 9.69. The van der Waals surface area contributed by atoms with Gasteiger partial charge in [0, 0.05) is 26.2 Å². The molecule has 0 spiro atoms. The van der Waals surface area contributed by atoms with Crippen molar-refractivity contribution in [2.45, 2.75) is 38.5 Å². The van der Waals surface area contributed by atoms with Gasteiger partial charge in [0.1, 0.15) is 23.9 Å². The molecule has 2 aromatic rings. The number of carbonyl (C=O) groups is 2. The number of rotatable bonds is 5. The molecule has 0 atom stereocenters. The van der Waals surface area contributed by atoms with E-state index in [1.54, 1.807) is 17.0 Å². The Balaban J connectivity index is 1.43. The van der Waals surface area contributed by atoms with Crippen molar-refractivity contribution in [1.29, 1.82) is 0 Å². The normalized spacial score (nSPS) is 18.6. The Kier molecular flexibility index (Phi) is 8.80. The molecule has 0 saturated carbocycles. The van der Waals surface area contributed by atoms with Crippen molar-refractivity contribution in [3.63, 3.8) is 0 Å². The number of benzene rings is 2. The number of fused-ring (bicyclic) bond motifs is 9. The van der Waals surface area contributed by atoms with Gasteiger partial charge in [0.05, 0.1) is 25.1 Å². The summed E-state index contributed by atoms with van der Waals surface area (Å²) < 4.78 is 24.7. The molecular formula is C28H35FN2O5. The minimum atomic E-state index is -0.337. The zero-order valence-electron chi connectivity index (χ0n) is 20.7. The summed E-state index contributed by atoms with van der Waals surface area (Å²) in [6, 6.07) is 13.0. The molecule has 5 rings (SSSR count). The molecular weight excluding hydrogens is 463 g/mol. The number of ether oxygens (including phenoxy) is 2. The molecule has 7 nitrogen and oxygen atoms in total. The second-order valence-electron chi connectivity index (χ2n) is 9.69. The van der Waals surface area contributed by atoms with Crippen LogP contribution in [0.4, 0.5) is 4.39 Å². The van der Waals surface area contributed by atoms with E-state index in [0.29, 0.717) is 43.2 Å². The zero-order chi connectivity index (χ0) is 25.4. The number of piperidine rings is 1. The maximum atomic E-state index is 13.2. The Morgan fingerprint density at radius 2 is 1.75 bits per heavy atom. The summed E-state index contributed by atoms with van der Waals surface area (Å²) in [5.41, 5.74) is 0.347. The number of carbonyl (C=O) groups excluding carboxylic acids is 2. The number of para-hydroxylation sites is 1. The second kappa shape index (κ2) is 12.2. The fourth-order valence-electron chi connectivity index (χ4n) is 4.99. The summed E-state index contributed by atoms with van der Waals surface area (Å²) in [4.78, 5) is 29.9. The summed E-state index contributed by atoms with van der Waals surface area (Å²) in [5, 5.41) is 10.2. The van der Waals surface area contributed by atoms with Gasteiger partial charge in [-0.1, -0.05) is 18.6 Å². The quantitative estimate of drug-likeness (QED) is 0.677. The Hall–Kier alpha value is -3.13. The van der Waals surface area contributed by atoms with Crippen LogP contribution in [0, 0.1) is 11.2 Å². The fraction of sp³-hybridized carbons (Fsp3) is 0.500. The van der Waals surface area contributed by atoms with Gasteiger partial charge < -0.3 is 24.4 Å². The molecule has 0 aromatic heterocycles. The summed E-state index contributed by atoms with van der Waals surface area (Å²) in [6.07, 6.45) is 4.32. The predicted octanol–water partition coefficient (Wildman–Crippen LogP) is 3.90. The van der Waals surface area contributed by atoms with Crippen LogP contribution in [0.1, 0.15) is 48.9 Å². The Labute approximate surface area is 211 Å². The molecule has 3 aliphatic rings. The van der Waals surface area contributed by atoms with E-state index in [-0.39, 0.29) is 49.3 Å². The highest BCUT2D eigenvalue weighted by Crippen LogP contribution is 2.37. The van der Waals surface area contributed by atoms with Crippen LogP contribution in [0.2, 0.25) is 0 Å². The first kappa shape index (κ1) is 25.9. The third kappa shape index (κ3) is 6.55. The monoisotopic (exact) mass is 498 g/mol. The van der Waals surface area contributed by atoms with E-state index in [0.717, 1.165) is 32.1 Å². The maximum absolute atomic E-state index is 13.2. The van der Waals surface area contributed by atoms with Gasteiger partial charge in [0.15, 0.2) is 0 Å². The number of hydrogen-bond donors (Lipinski definition) is 1. The average Bonchev–Trinajstić information content (AvgIpc) is 2.91. The van der Waals surface area contributed by atoms with E-state index < -0.39 is 0 Å². The average molecular weight is 499 g/mol. The molecule has 1 fully saturated rings. The highest BCUT2D eigenvalue weighted by atomic mass is 19.1. The molecule has 2 aromatic carbocycles. The highest BCUT2D eigenvalue weighted by molar-refractivity contribution is 5.97. The van der Waals surface area contributed by atoms with Gasteiger partial charge in [0.25, 0.3) is 5.91 Å². The van der Waals surface area contributed by atoms with Crippen molar-refractivity contribution in [2.75, 3.05) is 46.0 Å². The predicted molar refractivity (Wildman–Crippen MR) is 134 cm³/mol. The first-order chi connectivity index (χ1) is 17.5. The highest BCUT2D eigenvalue weighted by Gasteiger charge is 2.36. The third-order valence-electron chi connectivity index (χ3n) is 7.32. The number of amides is 2. The van der Waals surface area contributed by atoms with Crippen LogP contribution in [0.15, 0.2) is 48.5 Å². The van der Waals surface area contributed by atoms with Crippen molar-refractivity contribution < 1.29 is 28.6 Å². The summed E-state index contributed by atoms with van der Waals surface area (Å²) in [7, 11) is 0. The van der Waals surface area contributed by atoms with Gasteiger partial charge in [0.2, 0.25) is 5.91 Å². The molecule has 8 heteroatoms. The minimum Gasteiger partial charge on any atom is -0.493 e. The molecule has 0 aliphatic carbocycles. The van der Waals surface area contributed by atoms with Gasteiger partial charge in [-0.15, -0.1) is 0 Å². The van der Waals surface area contributed by atoms with Crippen molar-refractivity contribution in [1.82, 2.24) is 9.80 Å². The Bertz CT molecular complexity index is 1020. The largest absolute Gasteiger partial charge is 0.493 e. The smallest absolute Gasteiger partial charge is 0.257 e. The summed E-state index contributed by atoms with van der Waals surface area (Å²) in [6.45, 7) is 2.80. The van der Waals surface area contributed by atoms with Gasteiger partial charge in [-0.25, -0.2) is 4.39 Å². The lowest BCUT2D eigenvalue weighted by molar-refractivity contribution is -0.132. The molecule has 0 radical (unpaired) electrons.